The van der Waals surface area contributed by atoms with Crippen LogP contribution in [0.2, 0.25) is 0 Å². The van der Waals surface area contributed by atoms with Crippen LogP contribution >= 0.6 is 11.8 Å². The van der Waals surface area contributed by atoms with Crippen LogP contribution in [0.3, 0.4) is 0 Å². The molecule has 0 fully saturated rings. The molecular weight excluding hydrogens is 232 g/mol. The first kappa shape index (κ1) is 14.6. The highest BCUT2D eigenvalue weighted by Gasteiger charge is 2.14. The van der Waals surface area contributed by atoms with Crippen molar-refractivity contribution in [2.24, 2.45) is 0 Å². The second-order valence-corrected chi connectivity index (χ2v) is 5.46. The first-order valence-corrected chi connectivity index (χ1v) is 7.51. The van der Waals surface area contributed by atoms with Crippen molar-refractivity contribution in [3.63, 3.8) is 0 Å². The molecule has 0 aliphatic carbocycles. The molecule has 1 aromatic heterocycles. The van der Waals surface area contributed by atoms with Gasteiger partial charge in [0.05, 0.1) is 6.61 Å². The van der Waals surface area contributed by atoms with Gasteiger partial charge < -0.3 is 15.0 Å². The lowest BCUT2D eigenvalue weighted by atomic mass is 10.2. The number of thioether (sulfide) groups is 1. The average Bonchev–Trinajstić information content (AvgIpc) is 2.76. The quantitative estimate of drug-likeness (QED) is 0.748. The minimum absolute atomic E-state index is 0.228. The molecule has 0 radical (unpaired) electrons. The van der Waals surface area contributed by atoms with Crippen molar-refractivity contribution < 1.29 is 5.11 Å². The van der Waals surface area contributed by atoms with Crippen LogP contribution in [-0.4, -0.2) is 33.8 Å². The highest BCUT2D eigenvalue weighted by atomic mass is 32.2. The molecule has 0 aromatic carbocycles. The lowest BCUT2D eigenvalue weighted by Gasteiger charge is -2.21. The molecule has 0 aliphatic heterocycles. The Hall–Kier alpha value is -0.450. The molecule has 2 N–H and O–H groups in total. The molecule has 1 heterocycles. The number of rotatable bonds is 8. The Kier molecular flexibility index (Phi) is 6.70. The lowest BCUT2D eigenvalue weighted by molar-refractivity contribution is 0.276. The molecule has 17 heavy (non-hydrogen) atoms. The van der Waals surface area contributed by atoms with Crippen molar-refractivity contribution in [1.29, 1.82) is 0 Å². The number of aryl methyl sites for hydroxylation is 1. The van der Waals surface area contributed by atoms with E-state index >= 15 is 0 Å². The van der Waals surface area contributed by atoms with Gasteiger partial charge in [0.2, 0.25) is 0 Å². The molecule has 0 saturated heterocycles. The van der Waals surface area contributed by atoms with Gasteiger partial charge in [0.15, 0.2) is 0 Å². The fourth-order valence-corrected chi connectivity index (χ4v) is 2.49. The standard InChI is InChI=1S/C13H24N2OS/c1-4-6-15-7-5-12(9-15)8-14-11(2)13(10-16)17-3/h5,7,9,11,13-14,16H,4,6,8,10H2,1-3H3. The molecule has 0 saturated carbocycles. The van der Waals surface area contributed by atoms with Gasteiger partial charge in [-0.2, -0.15) is 11.8 Å². The van der Waals surface area contributed by atoms with Crippen LogP contribution in [0, 0.1) is 0 Å². The number of hydrogen-bond donors (Lipinski definition) is 2. The third kappa shape index (κ3) is 4.74. The van der Waals surface area contributed by atoms with E-state index in [0.29, 0.717) is 6.04 Å². The zero-order chi connectivity index (χ0) is 12.7. The maximum Gasteiger partial charge on any atom is 0.0564 e. The molecule has 3 nitrogen and oxygen atoms in total. The number of aromatic nitrogens is 1. The molecule has 2 unspecified atom stereocenters. The number of hydrogen-bond acceptors (Lipinski definition) is 3. The van der Waals surface area contributed by atoms with Gasteiger partial charge in [0.1, 0.15) is 0 Å². The molecule has 0 spiro atoms. The van der Waals surface area contributed by atoms with Gasteiger partial charge >= 0.3 is 0 Å². The summed E-state index contributed by atoms with van der Waals surface area (Å²) >= 11 is 1.71. The topological polar surface area (TPSA) is 37.2 Å². The van der Waals surface area contributed by atoms with Gasteiger partial charge in [-0.15, -0.1) is 0 Å². The van der Waals surface area contributed by atoms with Gasteiger partial charge in [0, 0.05) is 36.8 Å². The summed E-state index contributed by atoms with van der Waals surface area (Å²) in [5, 5.41) is 12.9. The van der Waals surface area contributed by atoms with Crippen molar-refractivity contribution in [1.82, 2.24) is 9.88 Å². The van der Waals surface area contributed by atoms with Crippen molar-refractivity contribution in [3.8, 4) is 0 Å². The van der Waals surface area contributed by atoms with Crippen LogP contribution in [0.1, 0.15) is 25.8 Å². The summed E-state index contributed by atoms with van der Waals surface area (Å²) in [6.07, 6.45) is 7.52. The molecule has 4 heteroatoms. The number of nitrogens with zero attached hydrogens (tertiary/aromatic N) is 1. The van der Waals surface area contributed by atoms with Crippen molar-refractivity contribution in [2.75, 3.05) is 12.9 Å². The third-order valence-corrected chi connectivity index (χ3v) is 4.12. The summed E-state index contributed by atoms with van der Waals surface area (Å²) in [7, 11) is 0. The van der Waals surface area contributed by atoms with Crippen LogP contribution in [-0.2, 0) is 13.1 Å². The number of aliphatic hydroxyl groups is 1. The first-order valence-electron chi connectivity index (χ1n) is 6.23. The largest absolute Gasteiger partial charge is 0.395 e. The number of aliphatic hydroxyl groups excluding tert-OH is 1. The first-order chi connectivity index (χ1) is 8.21. The average molecular weight is 256 g/mol. The van der Waals surface area contributed by atoms with E-state index in [9.17, 15) is 5.11 Å². The lowest BCUT2D eigenvalue weighted by Crippen LogP contribution is -2.36. The molecule has 1 aromatic rings. The predicted molar refractivity (Wildman–Crippen MR) is 75.4 cm³/mol. The summed E-state index contributed by atoms with van der Waals surface area (Å²) in [4.78, 5) is 0. The Balaban J connectivity index is 2.38. The van der Waals surface area contributed by atoms with Crippen LogP contribution in [0.5, 0.6) is 0 Å². The van der Waals surface area contributed by atoms with Gasteiger partial charge in [0.25, 0.3) is 0 Å². The van der Waals surface area contributed by atoms with E-state index in [1.54, 1.807) is 11.8 Å². The Morgan fingerprint density at radius 3 is 2.88 bits per heavy atom. The Labute approximate surface area is 109 Å². The van der Waals surface area contributed by atoms with Crippen LogP contribution < -0.4 is 5.32 Å². The molecule has 1 rings (SSSR count). The summed E-state index contributed by atoms with van der Waals surface area (Å²) < 4.78 is 2.22. The second kappa shape index (κ2) is 7.80. The van der Waals surface area contributed by atoms with Crippen LogP contribution in [0.25, 0.3) is 0 Å². The van der Waals surface area contributed by atoms with E-state index < -0.39 is 0 Å². The second-order valence-electron chi connectivity index (χ2n) is 4.38. The summed E-state index contributed by atoms with van der Waals surface area (Å²) in [5.74, 6) is 0. The molecule has 98 valence electrons. The SMILES string of the molecule is CCCn1ccc(CNC(C)C(CO)SC)c1. The van der Waals surface area contributed by atoms with Crippen LogP contribution in [0.4, 0.5) is 0 Å². The third-order valence-electron chi connectivity index (χ3n) is 2.96. The molecule has 2 atom stereocenters. The Bertz CT molecular complexity index is 310. The van der Waals surface area contributed by atoms with Gasteiger partial charge in [-0.3, -0.25) is 0 Å². The zero-order valence-electron chi connectivity index (χ0n) is 11.0. The fraction of sp³-hybridized carbons (Fsp3) is 0.692. The fourth-order valence-electron chi connectivity index (χ4n) is 1.84. The van der Waals surface area contributed by atoms with Gasteiger partial charge in [-0.25, -0.2) is 0 Å². The predicted octanol–water partition coefficient (Wildman–Crippen LogP) is 2.10. The molecule has 0 aliphatic rings. The highest BCUT2D eigenvalue weighted by Crippen LogP contribution is 2.11. The van der Waals surface area contributed by atoms with Crippen LogP contribution in [0.15, 0.2) is 18.5 Å². The van der Waals surface area contributed by atoms with Crippen molar-refractivity contribution in [2.45, 2.75) is 44.6 Å². The summed E-state index contributed by atoms with van der Waals surface area (Å²) in [5.41, 5.74) is 1.31. The zero-order valence-corrected chi connectivity index (χ0v) is 11.8. The van der Waals surface area contributed by atoms with E-state index in [4.69, 9.17) is 0 Å². The Morgan fingerprint density at radius 2 is 2.29 bits per heavy atom. The summed E-state index contributed by atoms with van der Waals surface area (Å²) in [6.45, 7) is 6.49. The van der Waals surface area contributed by atoms with E-state index in [1.807, 2.05) is 6.26 Å². The van der Waals surface area contributed by atoms with E-state index in [0.717, 1.165) is 19.5 Å². The van der Waals surface area contributed by atoms with E-state index in [-0.39, 0.29) is 11.9 Å². The maximum atomic E-state index is 9.20. The summed E-state index contributed by atoms with van der Waals surface area (Å²) in [6, 6.07) is 2.48. The normalized spacial score (nSPS) is 14.8. The smallest absolute Gasteiger partial charge is 0.0564 e. The van der Waals surface area contributed by atoms with Gasteiger partial charge in [-0.1, -0.05) is 6.92 Å². The molecule has 0 amide bonds. The van der Waals surface area contributed by atoms with E-state index in [2.05, 4.69) is 42.2 Å². The minimum Gasteiger partial charge on any atom is -0.395 e. The highest BCUT2D eigenvalue weighted by molar-refractivity contribution is 7.99. The minimum atomic E-state index is 0.228. The molecular formula is C13H24N2OS. The van der Waals surface area contributed by atoms with Crippen molar-refractivity contribution >= 4 is 11.8 Å². The maximum absolute atomic E-state index is 9.20. The monoisotopic (exact) mass is 256 g/mol. The molecule has 0 bridgehead atoms. The Morgan fingerprint density at radius 1 is 1.53 bits per heavy atom. The van der Waals surface area contributed by atoms with Crippen molar-refractivity contribution in [3.05, 3.63) is 24.0 Å². The van der Waals surface area contributed by atoms with E-state index in [1.165, 1.54) is 5.56 Å². The van der Waals surface area contributed by atoms with Gasteiger partial charge in [-0.05, 0) is 31.2 Å². The number of nitrogens with one attached hydrogen (secondary N) is 1.